The number of ketones is 2. The monoisotopic (exact) mass is 812 g/mol. The molecule has 0 aromatic carbocycles. The molecule has 17 nitrogen and oxygen atoms in total. The first kappa shape index (κ1) is 45.1. The summed E-state index contributed by atoms with van der Waals surface area (Å²) in [5.41, 5.74) is 3.97. The number of aromatic amines is 1. The molecule has 1 aliphatic carbocycles. The van der Waals surface area contributed by atoms with Gasteiger partial charge in [0.05, 0.1) is 23.7 Å². The smallest absolute Gasteiger partial charge is 0.405 e. The van der Waals surface area contributed by atoms with Crippen molar-refractivity contribution < 1.29 is 47.3 Å². The number of amides is 3. The minimum atomic E-state index is -1.12. The van der Waals surface area contributed by atoms with Crippen LogP contribution in [0, 0.1) is 17.7 Å². The highest BCUT2D eigenvalue weighted by atomic mass is 19.1. The largest absolute Gasteiger partial charge is 0.488 e. The molecule has 2 aliphatic heterocycles. The van der Waals surface area contributed by atoms with Crippen molar-refractivity contribution >= 4 is 29.5 Å². The van der Waals surface area contributed by atoms with Gasteiger partial charge in [0.15, 0.2) is 6.10 Å². The molecule has 316 valence electrons. The SMILES string of the molecule is CO[C@H]1/C=C\C=C(/C)C(=O)NC2=CC(=O)C(NCCCCCCNC(=O)CCn3cc(F)c(=O)[nH]c3=O)=C(C[C@@H](C)C[C@H](OC)[C@H]3OC(=C[C@@H]3C)[C@@H]1OC(N)=O)C2=O. The van der Waals surface area contributed by atoms with Gasteiger partial charge in [0, 0.05) is 63.4 Å². The van der Waals surface area contributed by atoms with Crippen LogP contribution in [0.2, 0.25) is 0 Å². The summed E-state index contributed by atoms with van der Waals surface area (Å²) in [5.74, 6) is -3.02. The van der Waals surface area contributed by atoms with E-state index in [1.807, 2.05) is 24.9 Å². The van der Waals surface area contributed by atoms with Crippen molar-refractivity contribution in [2.45, 2.75) is 96.7 Å². The predicted molar refractivity (Wildman–Crippen MR) is 208 cm³/mol. The Balaban J connectivity index is 1.41. The number of ether oxygens (including phenoxy) is 4. The fourth-order valence-corrected chi connectivity index (χ4v) is 6.93. The predicted octanol–water partition coefficient (Wildman–Crippen LogP) is 2.08. The lowest BCUT2D eigenvalue weighted by Crippen LogP contribution is -2.39. The normalized spacial score (nSPS) is 25.6. The summed E-state index contributed by atoms with van der Waals surface area (Å²) in [7, 11) is 2.98. The van der Waals surface area contributed by atoms with E-state index in [1.165, 1.54) is 20.1 Å². The van der Waals surface area contributed by atoms with Crippen molar-refractivity contribution in [1.82, 2.24) is 25.5 Å². The average molecular weight is 813 g/mol. The van der Waals surface area contributed by atoms with Crippen LogP contribution >= 0.6 is 0 Å². The summed E-state index contributed by atoms with van der Waals surface area (Å²) in [6.45, 7) is 6.07. The number of nitrogens with zero attached hydrogens (tertiary/aromatic N) is 1. The molecule has 18 heteroatoms. The second kappa shape index (κ2) is 21.2. The first-order chi connectivity index (χ1) is 27.6. The second-order valence-corrected chi connectivity index (χ2v) is 14.6. The minimum absolute atomic E-state index is 0.0765. The Labute approximate surface area is 334 Å². The van der Waals surface area contributed by atoms with Crippen LogP contribution in [0.25, 0.3) is 0 Å². The maximum absolute atomic E-state index is 14.0. The number of methoxy groups -OCH3 is 2. The standard InChI is InChI=1S/C40H53FN6O11/c1-22-17-25-33(44-15-9-7-6-8-14-43-32(49)13-16-47-21-26(41)38(52)46-40(47)54)28(48)20-27(34(25)50)45-37(51)23(2)11-10-12-29(55-4)36(58-39(42)53)31-19-24(3)35(57-31)30(18-22)56-5/h10-12,19-22,24,29-30,35-36,44H,6-9,13-18H2,1-5H3,(H2,42,53)(H,43,49)(H,45,51)(H,46,52,54)/b12-10-,23-11+/t22-,24+,29+,30+,35+,36-/m1/s1. The van der Waals surface area contributed by atoms with Crippen molar-refractivity contribution in [3.8, 4) is 0 Å². The zero-order valence-corrected chi connectivity index (χ0v) is 33.4. The van der Waals surface area contributed by atoms with E-state index in [0.717, 1.165) is 29.7 Å². The molecular weight excluding hydrogens is 759 g/mol. The van der Waals surface area contributed by atoms with Gasteiger partial charge < -0.3 is 40.6 Å². The molecule has 4 bridgehead atoms. The molecule has 0 fully saturated rings. The van der Waals surface area contributed by atoms with Gasteiger partial charge in [-0.05, 0) is 44.6 Å². The van der Waals surface area contributed by atoms with E-state index in [9.17, 15) is 38.0 Å². The number of fused-ring (bicyclic) bond motifs is 4. The van der Waals surface area contributed by atoms with Crippen LogP contribution in [0.3, 0.4) is 0 Å². The molecule has 4 rings (SSSR count). The van der Waals surface area contributed by atoms with Gasteiger partial charge in [-0.1, -0.05) is 44.9 Å². The van der Waals surface area contributed by atoms with Gasteiger partial charge in [-0.2, -0.15) is 4.39 Å². The van der Waals surface area contributed by atoms with E-state index in [-0.39, 0.29) is 59.7 Å². The number of nitrogens with one attached hydrogen (secondary N) is 4. The number of unbranched alkanes of at least 4 members (excludes halogenated alkanes) is 3. The molecule has 1 aromatic rings. The van der Waals surface area contributed by atoms with Gasteiger partial charge in [-0.25, -0.2) is 9.59 Å². The first-order valence-corrected chi connectivity index (χ1v) is 19.2. The third kappa shape index (κ3) is 12.2. The Morgan fingerprint density at radius 1 is 1.05 bits per heavy atom. The van der Waals surface area contributed by atoms with Gasteiger partial charge >= 0.3 is 11.8 Å². The van der Waals surface area contributed by atoms with Crippen LogP contribution in [0.5, 0.6) is 0 Å². The fraction of sp³-hybridized carbons (Fsp3) is 0.525. The Morgan fingerprint density at radius 3 is 2.47 bits per heavy atom. The van der Waals surface area contributed by atoms with Crippen LogP contribution < -0.4 is 32.9 Å². The zero-order valence-electron chi connectivity index (χ0n) is 33.4. The number of hydrogen-bond donors (Lipinski definition) is 5. The molecule has 0 unspecified atom stereocenters. The van der Waals surface area contributed by atoms with Crippen molar-refractivity contribution in [1.29, 1.82) is 0 Å². The number of nitrogens with two attached hydrogens (primary N) is 1. The Bertz CT molecular complexity index is 2000. The first-order valence-electron chi connectivity index (χ1n) is 19.2. The van der Waals surface area contributed by atoms with E-state index in [2.05, 4.69) is 16.0 Å². The number of Topliss-reactive ketones (excluding diaryl/α,β-unsaturated/α-hetero) is 1. The van der Waals surface area contributed by atoms with Gasteiger partial charge in [-0.3, -0.25) is 33.5 Å². The van der Waals surface area contributed by atoms with E-state index >= 15 is 0 Å². The fourth-order valence-electron chi connectivity index (χ4n) is 6.93. The lowest BCUT2D eigenvalue weighted by Gasteiger charge is -2.30. The Morgan fingerprint density at radius 2 is 1.78 bits per heavy atom. The van der Waals surface area contributed by atoms with E-state index < -0.39 is 65.0 Å². The second-order valence-electron chi connectivity index (χ2n) is 14.6. The number of hydrogen-bond acceptors (Lipinski definition) is 12. The van der Waals surface area contributed by atoms with Crippen LogP contribution in [0.1, 0.15) is 65.7 Å². The van der Waals surface area contributed by atoms with E-state index in [1.54, 1.807) is 19.3 Å². The number of carbonyl (C=O) groups excluding carboxylic acids is 5. The molecule has 3 amide bonds. The average Bonchev–Trinajstić information content (AvgIpc) is 3.56. The number of allylic oxidation sites excluding steroid dienone is 4. The van der Waals surface area contributed by atoms with Gasteiger partial charge in [-0.15, -0.1) is 0 Å². The maximum Gasteiger partial charge on any atom is 0.405 e. The van der Waals surface area contributed by atoms with Gasteiger partial charge in [0.25, 0.3) is 11.5 Å². The summed E-state index contributed by atoms with van der Waals surface area (Å²) in [6, 6.07) is 0. The summed E-state index contributed by atoms with van der Waals surface area (Å²) in [4.78, 5) is 89.7. The van der Waals surface area contributed by atoms with E-state index in [4.69, 9.17) is 24.7 Å². The molecule has 3 heterocycles. The molecule has 0 radical (unpaired) electrons. The van der Waals surface area contributed by atoms with Gasteiger partial charge in [0.1, 0.15) is 18.0 Å². The molecule has 6 atom stereocenters. The Kier molecular flexibility index (Phi) is 16.5. The zero-order chi connectivity index (χ0) is 42.5. The molecule has 0 spiro atoms. The van der Waals surface area contributed by atoms with Crippen molar-refractivity contribution in [3.05, 3.63) is 91.5 Å². The number of primary amides is 1. The molecule has 3 aliphatic rings. The van der Waals surface area contributed by atoms with Crippen molar-refractivity contribution in [3.63, 3.8) is 0 Å². The maximum atomic E-state index is 14.0. The van der Waals surface area contributed by atoms with Crippen molar-refractivity contribution in [2.24, 2.45) is 17.6 Å². The third-order valence-corrected chi connectivity index (χ3v) is 10.0. The number of aromatic nitrogens is 2. The molecule has 1 aromatic heterocycles. The number of carbonyl (C=O) groups is 5. The lowest BCUT2D eigenvalue weighted by atomic mass is 9.85. The molecular formula is C40H53FN6O11. The van der Waals surface area contributed by atoms with Gasteiger partial charge in [0.2, 0.25) is 23.3 Å². The Hall–Kier alpha value is -5.62. The molecule has 0 saturated carbocycles. The van der Waals surface area contributed by atoms with Crippen LogP contribution in [0.4, 0.5) is 9.18 Å². The summed E-state index contributed by atoms with van der Waals surface area (Å²) < 4.78 is 37.7. The summed E-state index contributed by atoms with van der Waals surface area (Å²) >= 11 is 0. The molecule has 6 N–H and O–H groups in total. The molecule has 0 saturated heterocycles. The van der Waals surface area contributed by atoms with Crippen molar-refractivity contribution in [2.75, 3.05) is 27.3 Å². The third-order valence-electron chi connectivity index (χ3n) is 10.0. The van der Waals surface area contributed by atoms with Crippen LogP contribution in [-0.2, 0) is 44.7 Å². The number of rotatable bonds is 14. The quantitative estimate of drug-likeness (QED) is 0.134. The highest BCUT2D eigenvalue weighted by Gasteiger charge is 2.40. The highest BCUT2D eigenvalue weighted by molar-refractivity contribution is 6.23. The number of aryl methyl sites for hydroxylation is 1. The van der Waals surface area contributed by atoms with Crippen LogP contribution in [-0.4, -0.2) is 90.8 Å². The topological polar surface area (TPSA) is 239 Å². The summed E-state index contributed by atoms with van der Waals surface area (Å²) in [5, 5.41) is 8.51. The number of halogens is 1. The highest BCUT2D eigenvalue weighted by Crippen LogP contribution is 2.35. The molecule has 58 heavy (non-hydrogen) atoms. The lowest BCUT2D eigenvalue weighted by molar-refractivity contribution is -0.121. The minimum Gasteiger partial charge on any atom is -0.488 e. The van der Waals surface area contributed by atoms with E-state index in [0.29, 0.717) is 38.1 Å². The van der Waals surface area contributed by atoms with Crippen LogP contribution in [0.15, 0.2) is 74.5 Å². The number of H-pyrrole nitrogens is 1. The summed E-state index contributed by atoms with van der Waals surface area (Å²) in [6.07, 6.45) is 7.81.